The van der Waals surface area contributed by atoms with Crippen molar-refractivity contribution in [1.29, 1.82) is 0 Å². The molecule has 0 spiro atoms. The topological polar surface area (TPSA) is 24.7 Å². The van der Waals surface area contributed by atoms with Crippen LogP contribution in [0.2, 0.25) is 0 Å². The quantitative estimate of drug-likeness (QED) is 0.387. The summed E-state index contributed by atoms with van der Waals surface area (Å²) >= 11 is 0. The third-order valence-electron chi connectivity index (χ3n) is 7.52. The van der Waals surface area contributed by atoms with Gasteiger partial charge in [-0.25, -0.2) is 0 Å². The van der Waals surface area contributed by atoms with Gasteiger partial charge in [0, 0.05) is 11.4 Å². The SMILES string of the molecule is CCCCC1=N/C(=C2\CCCCCC2CCc2ccc(C)c(C)c2)CCC=C1N=C1CC1. The Bertz CT molecular complexity index is 922. The first-order valence-corrected chi connectivity index (χ1v) is 13.3. The van der Waals surface area contributed by atoms with E-state index in [0.29, 0.717) is 5.92 Å². The lowest BCUT2D eigenvalue weighted by Crippen LogP contribution is -2.09. The highest BCUT2D eigenvalue weighted by atomic mass is 14.9. The second kappa shape index (κ2) is 11.3. The Morgan fingerprint density at radius 1 is 0.969 bits per heavy atom. The number of hydrogen-bond donors (Lipinski definition) is 0. The highest BCUT2D eigenvalue weighted by Gasteiger charge is 2.23. The zero-order valence-electron chi connectivity index (χ0n) is 20.7. The lowest BCUT2D eigenvalue weighted by Gasteiger charge is -2.21. The maximum atomic E-state index is 5.39. The average Bonchev–Trinajstić information content (AvgIpc) is 3.63. The first-order valence-electron chi connectivity index (χ1n) is 13.3. The summed E-state index contributed by atoms with van der Waals surface area (Å²) in [6.07, 6.45) is 19.6. The molecule has 172 valence electrons. The predicted octanol–water partition coefficient (Wildman–Crippen LogP) is 8.61. The lowest BCUT2D eigenvalue weighted by atomic mass is 9.86. The minimum atomic E-state index is 0.696. The van der Waals surface area contributed by atoms with Crippen LogP contribution in [0.25, 0.3) is 0 Å². The van der Waals surface area contributed by atoms with Crippen molar-refractivity contribution in [2.24, 2.45) is 15.9 Å². The summed E-state index contributed by atoms with van der Waals surface area (Å²) in [5.41, 5.74) is 11.3. The molecular weight excluding hydrogens is 388 g/mol. The Labute approximate surface area is 196 Å². The molecule has 4 rings (SSSR count). The van der Waals surface area contributed by atoms with Crippen LogP contribution in [0, 0.1) is 19.8 Å². The fourth-order valence-corrected chi connectivity index (χ4v) is 5.21. The summed E-state index contributed by atoms with van der Waals surface area (Å²) in [6.45, 7) is 6.73. The molecule has 1 aliphatic heterocycles. The summed E-state index contributed by atoms with van der Waals surface area (Å²) in [4.78, 5) is 10.4. The Morgan fingerprint density at radius 2 is 1.84 bits per heavy atom. The van der Waals surface area contributed by atoms with Crippen molar-refractivity contribution in [3.8, 4) is 0 Å². The fraction of sp³-hybridized carbons (Fsp3) is 0.600. The Kier molecular flexibility index (Phi) is 8.16. The van der Waals surface area contributed by atoms with Crippen LogP contribution in [0.5, 0.6) is 0 Å². The van der Waals surface area contributed by atoms with Crippen molar-refractivity contribution in [2.75, 3.05) is 0 Å². The Morgan fingerprint density at radius 3 is 2.62 bits per heavy atom. The summed E-state index contributed by atoms with van der Waals surface area (Å²) in [5, 5.41) is 0. The minimum Gasteiger partial charge on any atom is -0.256 e. The van der Waals surface area contributed by atoms with E-state index in [1.54, 1.807) is 5.57 Å². The molecular formula is C30H42N2. The van der Waals surface area contributed by atoms with E-state index in [4.69, 9.17) is 9.98 Å². The van der Waals surface area contributed by atoms with Crippen molar-refractivity contribution in [3.63, 3.8) is 0 Å². The highest BCUT2D eigenvalue weighted by Crippen LogP contribution is 2.37. The van der Waals surface area contributed by atoms with Crippen LogP contribution in [0.4, 0.5) is 0 Å². The average molecular weight is 431 g/mol. The molecule has 0 aromatic heterocycles. The van der Waals surface area contributed by atoms with E-state index in [-0.39, 0.29) is 0 Å². The molecule has 2 fully saturated rings. The zero-order valence-corrected chi connectivity index (χ0v) is 20.7. The zero-order chi connectivity index (χ0) is 22.3. The van der Waals surface area contributed by atoms with Crippen molar-refractivity contribution in [1.82, 2.24) is 0 Å². The third kappa shape index (κ3) is 6.30. The van der Waals surface area contributed by atoms with Crippen LogP contribution in [0.1, 0.15) is 107 Å². The molecule has 2 aliphatic carbocycles. The van der Waals surface area contributed by atoms with Crippen molar-refractivity contribution in [2.45, 2.75) is 111 Å². The van der Waals surface area contributed by atoms with Gasteiger partial charge >= 0.3 is 0 Å². The number of benzene rings is 1. The van der Waals surface area contributed by atoms with Gasteiger partial charge in [-0.1, -0.05) is 50.5 Å². The van der Waals surface area contributed by atoms with Crippen molar-refractivity contribution < 1.29 is 0 Å². The molecule has 1 atom stereocenters. The van der Waals surface area contributed by atoms with E-state index in [1.165, 1.54) is 110 Å². The first-order chi connectivity index (χ1) is 15.6. The standard InChI is InChI=1S/C30H42N2/c1-4-5-12-30-29(31-26-19-20-26)14-9-13-28(32-30)27-11-8-6-7-10-25(27)18-17-24-16-15-22(2)23(3)21-24/h14-16,21,25H,4-13,17-20H2,1-3H3/b28-27+. The monoisotopic (exact) mass is 430 g/mol. The molecule has 3 aliphatic rings. The van der Waals surface area contributed by atoms with Gasteiger partial charge in [0.05, 0.1) is 11.4 Å². The van der Waals surface area contributed by atoms with Crippen LogP contribution in [-0.2, 0) is 6.42 Å². The smallest absolute Gasteiger partial charge is 0.0804 e. The van der Waals surface area contributed by atoms with Gasteiger partial charge in [0.15, 0.2) is 0 Å². The van der Waals surface area contributed by atoms with Gasteiger partial charge in [-0.05, 0) is 113 Å². The third-order valence-corrected chi connectivity index (χ3v) is 7.52. The van der Waals surface area contributed by atoms with Gasteiger partial charge < -0.3 is 0 Å². The Balaban J connectivity index is 1.59. The van der Waals surface area contributed by atoms with Crippen LogP contribution in [-0.4, -0.2) is 11.4 Å². The summed E-state index contributed by atoms with van der Waals surface area (Å²) in [7, 11) is 0. The van der Waals surface area contributed by atoms with Crippen LogP contribution in [0.3, 0.4) is 0 Å². The van der Waals surface area contributed by atoms with Crippen LogP contribution in [0.15, 0.2) is 51.2 Å². The van der Waals surface area contributed by atoms with Crippen LogP contribution < -0.4 is 0 Å². The van der Waals surface area contributed by atoms with Gasteiger partial charge in [0.1, 0.15) is 0 Å². The minimum absolute atomic E-state index is 0.696. The molecule has 1 aromatic rings. The van der Waals surface area contributed by atoms with Gasteiger partial charge in [-0.3, -0.25) is 9.98 Å². The van der Waals surface area contributed by atoms with Crippen molar-refractivity contribution in [3.05, 3.63) is 57.9 Å². The van der Waals surface area contributed by atoms with E-state index in [0.717, 1.165) is 19.3 Å². The fourth-order valence-electron chi connectivity index (χ4n) is 5.21. The number of aliphatic imine (C=N–C) groups is 2. The maximum Gasteiger partial charge on any atom is 0.0804 e. The van der Waals surface area contributed by atoms with Gasteiger partial charge in [-0.15, -0.1) is 0 Å². The van der Waals surface area contributed by atoms with E-state index in [2.05, 4.69) is 45.0 Å². The number of unbranched alkanes of at least 4 members (excludes halogenated alkanes) is 1. The molecule has 2 saturated carbocycles. The molecule has 0 radical (unpaired) electrons. The van der Waals surface area contributed by atoms with Gasteiger partial charge in [0.25, 0.3) is 0 Å². The normalized spacial score (nSPS) is 23.8. The summed E-state index contributed by atoms with van der Waals surface area (Å²) in [5.74, 6) is 0.696. The maximum absolute atomic E-state index is 5.39. The van der Waals surface area contributed by atoms with Gasteiger partial charge in [0.2, 0.25) is 0 Å². The highest BCUT2D eigenvalue weighted by molar-refractivity contribution is 6.06. The molecule has 1 unspecified atom stereocenters. The summed E-state index contributed by atoms with van der Waals surface area (Å²) < 4.78 is 0. The number of nitrogens with zero attached hydrogens (tertiary/aromatic N) is 2. The molecule has 0 amide bonds. The second-order valence-corrected chi connectivity index (χ2v) is 10.2. The van der Waals surface area contributed by atoms with Crippen LogP contribution >= 0.6 is 0 Å². The van der Waals surface area contributed by atoms with E-state index >= 15 is 0 Å². The first kappa shape index (κ1) is 23.2. The molecule has 32 heavy (non-hydrogen) atoms. The molecule has 0 bridgehead atoms. The Hall–Kier alpha value is -1.96. The predicted molar refractivity (Wildman–Crippen MR) is 139 cm³/mol. The summed E-state index contributed by atoms with van der Waals surface area (Å²) in [6, 6.07) is 7.03. The number of allylic oxidation sites excluding steroid dienone is 4. The number of hydrogen-bond acceptors (Lipinski definition) is 2. The molecule has 2 nitrogen and oxygen atoms in total. The largest absolute Gasteiger partial charge is 0.256 e. The van der Waals surface area contributed by atoms with E-state index in [9.17, 15) is 0 Å². The molecule has 1 heterocycles. The van der Waals surface area contributed by atoms with Crippen molar-refractivity contribution >= 4 is 11.4 Å². The molecule has 1 aromatic carbocycles. The molecule has 2 heteroatoms. The number of aryl methyl sites for hydroxylation is 3. The lowest BCUT2D eigenvalue weighted by molar-refractivity contribution is 0.503. The molecule has 0 saturated heterocycles. The molecule has 0 N–H and O–H groups in total. The van der Waals surface area contributed by atoms with Gasteiger partial charge in [-0.2, -0.15) is 0 Å². The number of rotatable bonds is 7. The van der Waals surface area contributed by atoms with E-state index < -0.39 is 0 Å². The van der Waals surface area contributed by atoms with E-state index in [1.807, 2.05) is 0 Å². The second-order valence-electron chi connectivity index (χ2n) is 10.2.